The van der Waals surface area contributed by atoms with Crippen LogP contribution in [0.3, 0.4) is 0 Å². The summed E-state index contributed by atoms with van der Waals surface area (Å²) in [5.74, 6) is -0.848. The molecule has 0 aromatic heterocycles. The lowest BCUT2D eigenvalue weighted by Crippen LogP contribution is -2.62. The lowest BCUT2D eigenvalue weighted by atomic mass is 10.0. The molecule has 1 aliphatic heterocycles. The van der Waals surface area contributed by atoms with Crippen LogP contribution in [-0.4, -0.2) is 46.7 Å². The summed E-state index contributed by atoms with van der Waals surface area (Å²) in [5.41, 5.74) is -1.31. The van der Waals surface area contributed by atoms with Crippen LogP contribution >= 0.6 is 0 Å². The molecule has 4 nitrogen and oxygen atoms in total. The SMILES string of the molecule is CC(C)(C)OC(=O)N1CC(N(Cc2ccc(C(F)(F)F)cc2F)C2CC2)C1. The predicted octanol–water partition coefficient (Wildman–Crippen LogP) is 4.43. The van der Waals surface area contributed by atoms with E-state index in [0.717, 1.165) is 18.9 Å². The van der Waals surface area contributed by atoms with E-state index in [-0.39, 0.29) is 30.3 Å². The number of hydrogen-bond acceptors (Lipinski definition) is 3. The van der Waals surface area contributed by atoms with Crippen molar-refractivity contribution in [2.75, 3.05) is 13.1 Å². The molecule has 1 aromatic carbocycles. The molecule has 2 fully saturated rings. The number of carbonyl (C=O) groups is 1. The Labute approximate surface area is 156 Å². The van der Waals surface area contributed by atoms with E-state index in [4.69, 9.17) is 4.74 Å². The summed E-state index contributed by atoms with van der Waals surface area (Å²) < 4.78 is 57.6. The van der Waals surface area contributed by atoms with Gasteiger partial charge in [0, 0.05) is 37.3 Å². The number of amides is 1. The largest absolute Gasteiger partial charge is 0.444 e. The molecule has 1 aromatic rings. The molecule has 27 heavy (non-hydrogen) atoms. The van der Waals surface area contributed by atoms with Gasteiger partial charge in [-0.1, -0.05) is 6.07 Å². The molecular weight excluding hydrogens is 364 g/mol. The first kappa shape index (κ1) is 19.9. The maximum Gasteiger partial charge on any atom is 0.416 e. The highest BCUT2D eigenvalue weighted by Crippen LogP contribution is 2.35. The van der Waals surface area contributed by atoms with Crippen LogP contribution in [0.5, 0.6) is 0 Å². The van der Waals surface area contributed by atoms with Gasteiger partial charge in [-0.15, -0.1) is 0 Å². The molecule has 0 atom stereocenters. The predicted molar refractivity (Wildman–Crippen MR) is 91.6 cm³/mol. The number of likely N-dealkylation sites (tertiary alicyclic amines) is 1. The normalized spacial score (nSPS) is 18.6. The minimum atomic E-state index is -4.56. The van der Waals surface area contributed by atoms with Crippen LogP contribution in [0.1, 0.15) is 44.7 Å². The van der Waals surface area contributed by atoms with Crippen molar-refractivity contribution in [3.8, 4) is 0 Å². The lowest BCUT2D eigenvalue weighted by Gasteiger charge is -2.45. The third-order valence-electron chi connectivity index (χ3n) is 4.73. The third-order valence-corrected chi connectivity index (χ3v) is 4.73. The highest BCUT2D eigenvalue weighted by Gasteiger charge is 2.42. The fourth-order valence-corrected chi connectivity index (χ4v) is 3.15. The van der Waals surface area contributed by atoms with Gasteiger partial charge in [-0.2, -0.15) is 13.2 Å². The maximum atomic E-state index is 14.2. The van der Waals surface area contributed by atoms with Crippen LogP contribution in [-0.2, 0) is 17.5 Å². The molecule has 3 rings (SSSR count). The lowest BCUT2D eigenvalue weighted by molar-refractivity contribution is -0.137. The van der Waals surface area contributed by atoms with E-state index in [1.54, 1.807) is 25.7 Å². The zero-order chi connectivity index (χ0) is 20.0. The number of halogens is 4. The van der Waals surface area contributed by atoms with Gasteiger partial charge in [-0.05, 0) is 45.7 Å². The van der Waals surface area contributed by atoms with Crippen molar-refractivity contribution in [3.05, 3.63) is 35.1 Å². The number of carbonyl (C=O) groups excluding carboxylic acids is 1. The standard InChI is InChI=1S/C19H24F4N2O2/c1-18(2,3)27-17(26)24-10-15(11-24)25(14-6-7-14)9-12-4-5-13(8-16(12)20)19(21,22)23/h4-5,8,14-15H,6-7,9-11H2,1-3H3. The molecule has 1 amide bonds. The van der Waals surface area contributed by atoms with Gasteiger partial charge in [0.15, 0.2) is 0 Å². The third kappa shape index (κ3) is 4.91. The molecule has 0 radical (unpaired) electrons. The minimum Gasteiger partial charge on any atom is -0.444 e. The molecule has 150 valence electrons. The summed E-state index contributed by atoms with van der Waals surface area (Å²) in [4.78, 5) is 15.7. The maximum absolute atomic E-state index is 14.2. The molecule has 1 aliphatic carbocycles. The van der Waals surface area contributed by atoms with E-state index in [9.17, 15) is 22.4 Å². The Hall–Kier alpha value is -1.83. The second-order valence-corrected chi connectivity index (χ2v) is 8.25. The van der Waals surface area contributed by atoms with Gasteiger partial charge in [0.05, 0.1) is 5.56 Å². The van der Waals surface area contributed by atoms with E-state index < -0.39 is 23.2 Å². The average Bonchev–Trinajstić information content (AvgIpc) is 3.27. The Balaban J connectivity index is 1.63. The molecule has 0 N–H and O–H groups in total. The van der Waals surface area contributed by atoms with Gasteiger partial charge in [-0.3, -0.25) is 4.90 Å². The van der Waals surface area contributed by atoms with Gasteiger partial charge in [0.25, 0.3) is 0 Å². The monoisotopic (exact) mass is 388 g/mol. The molecule has 8 heteroatoms. The van der Waals surface area contributed by atoms with E-state index >= 15 is 0 Å². The molecule has 1 saturated heterocycles. The van der Waals surface area contributed by atoms with Crippen molar-refractivity contribution in [2.45, 2.75) is 64.0 Å². The number of nitrogens with zero attached hydrogens (tertiary/aromatic N) is 2. The Morgan fingerprint density at radius 1 is 1.19 bits per heavy atom. The number of hydrogen-bond donors (Lipinski definition) is 0. The van der Waals surface area contributed by atoms with Crippen LogP contribution in [0.15, 0.2) is 18.2 Å². The summed E-state index contributed by atoms with van der Waals surface area (Å²) in [6.45, 7) is 6.59. The molecule has 0 unspecified atom stereocenters. The summed E-state index contributed by atoms with van der Waals surface area (Å²) in [6, 6.07) is 3.02. The van der Waals surface area contributed by atoms with Crippen LogP contribution in [0, 0.1) is 5.82 Å². The molecule has 0 bridgehead atoms. The smallest absolute Gasteiger partial charge is 0.416 e. The van der Waals surface area contributed by atoms with Gasteiger partial charge < -0.3 is 9.64 Å². The average molecular weight is 388 g/mol. The molecule has 2 aliphatic rings. The number of rotatable bonds is 4. The van der Waals surface area contributed by atoms with Crippen molar-refractivity contribution >= 4 is 6.09 Å². The summed E-state index contributed by atoms with van der Waals surface area (Å²) in [5, 5.41) is 0. The van der Waals surface area contributed by atoms with Crippen LogP contribution in [0.2, 0.25) is 0 Å². The Bertz CT molecular complexity index is 705. The van der Waals surface area contributed by atoms with Gasteiger partial charge in [0.1, 0.15) is 11.4 Å². The van der Waals surface area contributed by atoms with Crippen molar-refractivity contribution in [1.82, 2.24) is 9.80 Å². The van der Waals surface area contributed by atoms with E-state index in [0.29, 0.717) is 19.2 Å². The molecule has 1 saturated carbocycles. The highest BCUT2D eigenvalue weighted by atomic mass is 19.4. The second-order valence-electron chi connectivity index (χ2n) is 8.25. The van der Waals surface area contributed by atoms with E-state index in [1.807, 2.05) is 0 Å². The fraction of sp³-hybridized carbons (Fsp3) is 0.632. The summed E-state index contributed by atoms with van der Waals surface area (Å²) >= 11 is 0. The van der Waals surface area contributed by atoms with E-state index in [1.165, 1.54) is 6.07 Å². The van der Waals surface area contributed by atoms with Gasteiger partial charge in [0.2, 0.25) is 0 Å². The fourth-order valence-electron chi connectivity index (χ4n) is 3.15. The first-order valence-electron chi connectivity index (χ1n) is 9.03. The molecule has 1 heterocycles. The zero-order valence-electron chi connectivity index (χ0n) is 15.6. The van der Waals surface area contributed by atoms with Crippen LogP contribution in [0.4, 0.5) is 22.4 Å². The Kier molecular flexibility index (Phi) is 5.14. The van der Waals surface area contributed by atoms with Gasteiger partial charge >= 0.3 is 12.3 Å². The number of benzene rings is 1. The Morgan fingerprint density at radius 3 is 2.30 bits per heavy atom. The van der Waals surface area contributed by atoms with Gasteiger partial charge in [-0.25, -0.2) is 9.18 Å². The number of alkyl halides is 3. The van der Waals surface area contributed by atoms with Crippen molar-refractivity contribution in [3.63, 3.8) is 0 Å². The van der Waals surface area contributed by atoms with Crippen molar-refractivity contribution in [1.29, 1.82) is 0 Å². The van der Waals surface area contributed by atoms with Crippen LogP contribution < -0.4 is 0 Å². The quantitative estimate of drug-likeness (QED) is 0.716. The van der Waals surface area contributed by atoms with Crippen LogP contribution in [0.25, 0.3) is 0 Å². The first-order valence-corrected chi connectivity index (χ1v) is 9.03. The highest BCUT2D eigenvalue weighted by molar-refractivity contribution is 5.69. The molecule has 0 spiro atoms. The summed E-state index contributed by atoms with van der Waals surface area (Å²) in [7, 11) is 0. The number of ether oxygens (including phenoxy) is 1. The second kappa shape index (κ2) is 6.96. The van der Waals surface area contributed by atoms with Crippen molar-refractivity contribution < 1.29 is 27.1 Å². The topological polar surface area (TPSA) is 32.8 Å². The minimum absolute atomic E-state index is 0.0618. The zero-order valence-corrected chi connectivity index (χ0v) is 15.6. The van der Waals surface area contributed by atoms with Crippen molar-refractivity contribution in [2.24, 2.45) is 0 Å². The van der Waals surface area contributed by atoms with E-state index in [2.05, 4.69) is 4.90 Å². The first-order chi connectivity index (χ1) is 12.4. The summed E-state index contributed by atoms with van der Waals surface area (Å²) in [6.07, 6.45) is -2.98. The Morgan fingerprint density at radius 2 is 1.81 bits per heavy atom. The molecular formula is C19H24F4N2O2.